The van der Waals surface area contributed by atoms with E-state index in [2.05, 4.69) is 121 Å². The van der Waals surface area contributed by atoms with Crippen molar-refractivity contribution in [3.05, 3.63) is 144 Å². The number of rotatable bonds is 35. The lowest BCUT2D eigenvalue weighted by molar-refractivity contribution is -0.142. The van der Waals surface area contributed by atoms with Crippen LogP contribution in [-0.2, 0) is 62.3 Å². The van der Waals surface area contributed by atoms with Crippen LogP contribution in [0, 0.1) is 23.7 Å². The number of ether oxygens (including phenoxy) is 1. The van der Waals surface area contributed by atoms with E-state index in [0.717, 1.165) is 159 Å². The molecule has 0 bridgehead atoms. The lowest BCUT2D eigenvalue weighted by atomic mass is 9.83. The zero-order chi connectivity index (χ0) is 101. The molecule has 9 aromatic rings. The number of anilines is 4. The smallest absolute Gasteiger partial charge is 0.250 e. The van der Waals surface area contributed by atoms with Gasteiger partial charge in [-0.3, -0.25) is 57.5 Å². The van der Waals surface area contributed by atoms with Gasteiger partial charge in [0.15, 0.2) is 0 Å². The Balaban J connectivity index is 0.000000160. The lowest BCUT2D eigenvalue weighted by Gasteiger charge is -2.35. The van der Waals surface area contributed by atoms with Crippen molar-refractivity contribution in [3.63, 3.8) is 0 Å². The maximum Gasteiger partial charge on any atom is 0.250 e. The highest BCUT2D eigenvalue weighted by Crippen LogP contribution is 2.38. The van der Waals surface area contributed by atoms with Crippen LogP contribution in [0.2, 0.25) is 0 Å². The van der Waals surface area contributed by atoms with Crippen LogP contribution in [0.1, 0.15) is 169 Å². The molecule has 4 aromatic carbocycles. The Hall–Kier alpha value is -11.8. The Kier molecular flexibility index (Phi) is 41.1. The van der Waals surface area contributed by atoms with E-state index in [9.17, 15) is 57.5 Å². The first-order valence-electron chi connectivity index (χ1n) is 49.6. The third-order valence-corrected chi connectivity index (χ3v) is 30.6. The molecule has 143 heavy (non-hydrogen) atoms. The fourth-order valence-corrected chi connectivity index (χ4v) is 21.7. The Morgan fingerprint density at radius 3 is 1.01 bits per heavy atom. The summed E-state index contributed by atoms with van der Waals surface area (Å²) in [5, 5.41) is 61.7. The number of carbonyl (C=O) groups excluding carboxylic acids is 12. The van der Waals surface area contributed by atoms with Gasteiger partial charge in [-0.25, -0.2) is 0 Å². The zero-order valence-corrected chi connectivity index (χ0v) is 86.4. The molecule has 11 heterocycles. The SMILES string of the molecule is CC(C)CCN[C@@H](C)C(=O)N[C@H](C(=O)N1CCC[C@H]1C(=O)Nc1snnc1-c1ccccc1)C1CCCCC1.CN[C@@H](C)C(=O)N[C@H](C(=O)N1CCC[C@H]1C(=O)Nc1snnc1-c1ccccc1)C1CCNCC1.CN[C@@H](C)C(=O)N[C@H](C(=O)N1CCC[C@H]1C(=O)Nc1snnc1-c1ccccc1)C1CCOCC1.CN[C@@H](C)C(=O)N[C@H](C(=O)N1CCC[C@H]1C(=O)Nc1snnc1-c1ccccc1)c1ccsc1. The predicted octanol–water partition coefficient (Wildman–Crippen LogP) is 9.77. The second-order valence-corrected chi connectivity index (χ2v) is 41.1. The number of hydrogen-bond acceptors (Lipinski definition) is 31. The number of carbonyl (C=O) groups is 12. The summed E-state index contributed by atoms with van der Waals surface area (Å²) in [5.41, 5.74) is 6.59. The van der Waals surface area contributed by atoms with E-state index in [1.807, 2.05) is 145 Å². The molecule has 6 saturated heterocycles. The van der Waals surface area contributed by atoms with Crippen molar-refractivity contribution in [2.45, 2.75) is 230 Å². The first kappa shape index (κ1) is 108. The van der Waals surface area contributed by atoms with Crippen LogP contribution in [0.15, 0.2) is 138 Å². The van der Waals surface area contributed by atoms with Crippen LogP contribution in [0.4, 0.5) is 20.0 Å². The number of amides is 12. The summed E-state index contributed by atoms with van der Waals surface area (Å²) in [6, 6.07) is 33.0. The molecule has 0 spiro atoms. The van der Waals surface area contributed by atoms with Crippen LogP contribution in [0.5, 0.6) is 0 Å². The minimum absolute atomic E-state index is 0.0245. The van der Waals surface area contributed by atoms with Crippen LogP contribution >= 0.6 is 57.5 Å². The van der Waals surface area contributed by atoms with Crippen LogP contribution in [0.25, 0.3) is 45.0 Å². The van der Waals surface area contributed by atoms with Gasteiger partial charge in [-0.05, 0) is 211 Å². The van der Waals surface area contributed by atoms with Crippen LogP contribution in [0.3, 0.4) is 0 Å². The highest BCUT2D eigenvalue weighted by molar-refractivity contribution is 7.11. The van der Waals surface area contributed by atoms with Gasteiger partial charge in [0, 0.05) is 108 Å². The molecule has 766 valence electrons. The van der Waals surface area contributed by atoms with Gasteiger partial charge in [0.2, 0.25) is 65.0 Å². The van der Waals surface area contributed by atoms with Crippen molar-refractivity contribution >= 4 is 148 Å². The molecule has 1 saturated carbocycles. The molecular weight excluding hydrogens is 1920 g/mol. The zero-order valence-electron chi connectivity index (χ0n) is 82.3. The monoisotopic (exact) mass is 2050 g/mol. The number of likely N-dealkylation sites (N-methyl/N-ethyl adjacent to an activating group) is 3. The normalized spacial score (nSPS) is 19.4. The summed E-state index contributed by atoms with van der Waals surface area (Å²) in [6.45, 7) is 16.8. The second-order valence-electron chi connectivity index (χ2n) is 37.3. The van der Waals surface area contributed by atoms with Crippen molar-refractivity contribution in [1.82, 2.24) is 106 Å². The number of aromatic nitrogens is 8. The van der Waals surface area contributed by atoms with E-state index in [4.69, 9.17) is 4.74 Å². The molecule has 43 heteroatoms. The maximum absolute atomic E-state index is 14.0. The van der Waals surface area contributed by atoms with Crippen molar-refractivity contribution in [2.75, 3.05) is 101 Å². The second kappa shape index (κ2) is 54.2. The van der Waals surface area contributed by atoms with Crippen LogP contribution < -0.4 is 69.1 Å². The standard InChI is InChI=1S/C29H42N6O3S.C24H33N7O3S.C24H32N6O4S.C23H26N6O3S2/c1-19(2)16-17-30-20(3)26(36)31-25(22-13-8-5-9-14-22)29(38)35-18-10-15-23(35)27(37)32-28-24(33-34-39-28)21-11-6-4-7-12-21;1-15(25-2)21(32)27-20(17-10-12-26-13-11-17)24(34)31-14-6-9-18(31)22(33)28-23-19(29-30-35-23)16-7-4-3-5-8-16;1-15(25-2)21(31)26-20(17-10-13-34-14-11-17)24(33)30-12-6-9-18(30)22(32)27-23-19(28-29-35-23)16-7-4-3-5-8-16;1-14(24-2)20(30)25-19(16-10-12-33-13-16)23(32)29-11-6-9-17(29)21(31)26-22-18(27-28-34-22)15-7-4-3-5-8-15/h4,6-7,11-12,19-20,22-23,25,30H,5,8-10,13-18H2,1-3H3,(H,31,36)(H,32,37);3-5,7-8,15,17-18,20,25-26H,6,9-14H2,1-2H3,(H,27,32)(H,28,33);3-5,7-8,15,17-18,20,25H,6,9-14H2,1-2H3,(H,26,31)(H,27,32);3-5,7-8,10,12-14,17,19,24H,6,9,11H2,1-2H3,(H,25,30)(H,26,31)/t20-,23-,25-;2*15-,18-,20-;14-,17-,19-/m0000/s1. The number of hydrogen-bond donors (Lipinski definition) is 13. The highest BCUT2D eigenvalue weighted by atomic mass is 32.1. The van der Waals surface area contributed by atoms with Crippen molar-refractivity contribution in [1.29, 1.82) is 0 Å². The molecule has 16 rings (SSSR count). The predicted molar refractivity (Wildman–Crippen MR) is 554 cm³/mol. The minimum Gasteiger partial charge on any atom is -0.381 e. The molecule has 0 unspecified atom stereocenters. The molecule has 1 aliphatic carbocycles. The first-order chi connectivity index (χ1) is 69.3. The van der Waals surface area contributed by atoms with E-state index < -0.39 is 72.5 Å². The molecule has 7 fully saturated rings. The quantitative estimate of drug-likeness (QED) is 0.0176. The third-order valence-electron chi connectivity index (χ3n) is 27.3. The molecule has 38 nitrogen and oxygen atoms in total. The van der Waals surface area contributed by atoms with Crippen LogP contribution in [-0.4, -0.2) is 275 Å². The summed E-state index contributed by atoms with van der Waals surface area (Å²) < 4.78 is 21.5. The largest absolute Gasteiger partial charge is 0.381 e. The van der Waals surface area contributed by atoms with Crippen molar-refractivity contribution < 1.29 is 62.3 Å². The highest BCUT2D eigenvalue weighted by Gasteiger charge is 2.47. The summed E-state index contributed by atoms with van der Waals surface area (Å²) in [5.74, 6) is -2.15. The summed E-state index contributed by atoms with van der Waals surface area (Å²) in [7, 11) is 5.10. The van der Waals surface area contributed by atoms with E-state index >= 15 is 0 Å². The molecule has 5 aromatic heterocycles. The van der Waals surface area contributed by atoms with E-state index in [1.54, 1.807) is 61.5 Å². The Labute approximate surface area is 854 Å². The Morgan fingerprint density at radius 1 is 0.371 bits per heavy atom. The van der Waals surface area contributed by atoms with Gasteiger partial charge in [0.25, 0.3) is 5.91 Å². The average Bonchev–Trinajstić information content (AvgIpc) is 1.69. The summed E-state index contributed by atoms with van der Waals surface area (Å²) in [4.78, 5) is 166. The molecule has 13 N–H and O–H groups in total. The van der Waals surface area contributed by atoms with Gasteiger partial charge in [-0.1, -0.05) is 172 Å². The van der Waals surface area contributed by atoms with E-state index in [1.165, 1.54) is 11.3 Å². The van der Waals surface area contributed by atoms with Gasteiger partial charge in [-0.15, -0.1) is 20.4 Å². The number of piperidine rings is 1. The fraction of sp³-hybridized carbons (Fsp3) is 0.520. The topological polar surface area (TPSA) is 487 Å². The fourth-order valence-electron chi connectivity index (χ4n) is 18.7. The number of likely N-dealkylation sites (tertiary alicyclic amines) is 4. The van der Waals surface area contributed by atoms with Crippen molar-refractivity contribution in [3.8, 4) is 45.0 Å². The van der Waals surface area contributed by atoms with E-state index in [0.29, 0.717) is 139 Å². The van der Waals surface area contributed by atoms with Gasteiger partial charge in [-0.2, -0.15) is 11.3 Å². The maximum atomic E-state index is 14.0. The number of nitrogens with one attached hydrogen (secondary N) is 13. The lowest BCUT2D eigenvalue weighted by Crippen LogP contribution is -2.58. The average molecular weight is 2050 g/mol. The molecule has 7 aliphatic rings. The third kappa shape index (κ3) is 29.1. The molecule has 6 aliphatic heterocycles. The van der Waals surface area contributed by atoms with E-state index in [-0.39, 0.29) is 88.6 Å². The number of benzene rings is 4. The summed E-state index contributed by atoms with van der Waals surface area (Å²) >= 11 is 5.91. The minimum atomic E-state index is -0.854. The van der Waals surface area contributed by atoms with Gasteiger partial charge >= 0.3 is 0 Å². The molecular formula is C100H133N25O13S5. The molecule has 12 amide bonds. The number of nitrogens with zero attached hydrogens (tertiary/aromatic N) is 12. The van der Waals surface area contributed by atoms with Crippen molar-refractivity contribution in [2.24, 2.45) is 23.7 Å². The molecule has 0 radical (unpaired) electrons. The Bertz CT molecular complexity index is 5490. The van der Waals surface area contributed by atoms with Gasteiger partial charge in [0.05, 0.1) is 24.2 Å². The number of thiophene rings is 1. The van der Waals surface area contributed by atoms with Gasteiger partial charge in [0.1, 0.15) is 91.1 Å². The first-order valence-corrected chi connectivity index (χ1v) is 53.6. The Morgan fingerprint density at radius 2 is 0.685 bits per heavy atom. The summed E-state index contributed by atoms with van der Waals surface area (Å²) in [6.07, 6.45) is 14.2. The van der Waals surface area contributed by atoms with Gasteiger partial charge < -0.3 is 93.5 Å². The molecule has 12 atom stereocenters.